The lowest BCUT2D eigenvalue weighted by Crippen LogP contribution is -2.12. The maximum Gasteiger partial charge on any atom is 0.313 e. The van der Waals surface area contributed by atoms with Gasteiger partial charge in [0.2, 0.25) is 0 Å². The first-order valence-electron chi connectivity index (χ1n) is 6.51. The van der Waals surface area contributed by atoms with Crippen LogP contribution in [0.5, 0.6) is 0 Å². The molecule has 1 aliphatic carbocycles. The van der Waals surface area contributed by atoms with E-state index in [1.807, 2.05) is 0 Å². The number of nitrogens with zero attached hydrogens (tertiary/aromatic N) is 3. The molecule has 1 fully saturated rings. The molecule has 0 bridgehead atoms. The molecular formula is C12H19N3O2S. The minimum atomic E-state index is -0.813. The molecule has 0 radical (unpaired) electrons. The Kier molecular flexibility index (Phi) is 5.04. The van der Waals surface area contributed by atoms with Crippen LogP contribution in [0.4, 0.5) is 0 Å². The summed E-state index contributed by atoms with van der Waals surface area (Å²) in [6.45, 7) is 0. The number of hydrogen-bond donors (Lipinski definition) is 1. The predicted octanol–water partition coefficient (Wildman–Crippen LogP) is 2.74. The minimum absolute atomic E-state index is 0.0470. The molecule has 100 valence electrons. The fourth-order valence-corrected chi connectivity index (χ4v) is 3.13. The maximum atomic E-state index is 10.6. The quantitative estimate of drug-likeness (QED) is 0.851. The van der Waals surface area contributed by atoms with E-state index in [1.54, 1.807) is 6.33 Å². The van der Waals surface area contributed by atoms with Gasteiger partial charge in [0.15, 0.2) is 5.16 Å². The summed E-state index contributed by atoms with van der Waals surface area (Å²) in [7, 11) is 0. The number of aliphatic carboxylic acids is 1. The summed E-state index contributed by atoms with van der Waals surface area (Å²) in [4.78, 5) is 10.6. The molecule has 18 heavy (non-hydrogen) atoms. The van der Waals surface area contributed by atoms with Crippen molar-refractivity contribution in [1.82, 2.24) is 14.8 Å². The van der Waals surface area contributed by atoms with Crippen LogP contribution in [-0.4, -0.2) is 31.6 Å². The summed E-state index contributed by atoms with van der Waals surface area (Å²) in [5.41, 5.74) is 0. The van der Waals surface area contributed by atoms with Crippen LogP contribution >= 0.6 is 11.8 Å². The number of aromatic nitrogens is 3. The SMILES string of the molecule is O=C(O)CSc1nncn1C1CCCCCCC1. The molecule has 6 heteroatoms. The average Bonchev–Trinajstić information content (AvgIpc) is 2.74. The van der Waals surface area contributed by atoms with Crippen molar-refractivity contribution in [3.05, 3.63) is 6.33 Å². The summed E-state index contributed by atoms with van der Waals surface area (Å²) in [6.07, 6.45) is 10.5. The second-order valence-electron chi connectivity index (χ2n) is 4.70. The van der Waals surface area contributed by atoms with Gasteiger partial charge in [-0.25, -0.2) is 0 Å². The molecule has 0 unspecified atom stereocenters. The third-order valence-electron chi connectivity index (χ3n) is 3.33. The number of carbonyl (C=O) groups is 1. The summed E-state index contributed by atoms with van der Waals surface area (Å²) in [5.74, 6) is -0.766. The van der Waals surface area contributed by atoms with Crippen LogP contribution in [0, 0.1) is 0 Å². The number of carboxylic acids is 1. The zero-order valence-electron chi connectivity index (χ0n) is 10.4. The van der Waals surface area contributed by atoms with Gasteiger partial charge in [-0.3, -0.25) is 4.79 Å². The van der Waals surface area contributed by atoms with Crippen LogP contribution in [0.1, 0.15) is 51.0 Å². The van der Waals surface area contributed by atoms with Gasteiger partial charge in [-0.15, -0.1) is 10.2 Å². The Morgan fingerprint density at radius 3 is 2.67 bits per heavy atom. The zero-order chi connectivity index (χ0) is 12.8. The Balaban J connectivity index is 2.01. The third kappa shape index (κ3) is 3.73. The van der Waals surface area contributed by atoms with Crippen LogP contribution in [0.2, 0.25) is 0 Å². The molecule has 1 aromatic rings. The highest BCUT2D eigenvalue weighted by Gasteiger charge is 2.17. The van der Waals surface area contributed by atoms with E-state index in [0.717, 1.165) is 18.0 Å². The molecule has 0 spiro atoms. The molecular weight excluding hydrogens is 250 g/mol. The van der Waals surface area contributed by atoms with Gasteiger partial charge < -0.3 is 9.67 Å². The van der Waals surface area contributed by atoms with E-state index < -0.39 is 5.97 Å². The van der Waals surface area contributed by atoms with Gasteiger partial charge >= 0.3 is 5.97 Å². The fourth-order valence-electron chi connectivity index (χ4n) is 2.42. The van der Waals surface area contributed by atoms with Crippen molar-refractivity contribution in [2.45, 2.75) is 56.1 Å². The number of thioether (sulfide) groups is 1. The van der Waals surface area contributed by atoms with E-state index in [4.69, 9.17) is 5.11 Å². The monoisotopic (exact) mass is 269 g/mol. The van der Waals surface area contributed by atoms with Crippen molar-refractivity contribution < 1.29 is 9.90 Å². The van der Waals surface area contributed by atoms with Gasteiger partial charge in [-0.05, 0) is 12.8 Å². The maximum absolute atomic E-state index is 10.6. The molecule has 5 nitrogen and oxygen atoms in total. The van der Waals surface area contributed by atoms with Crippen LogP contribution in [0.3, 0.4) is 0 Å². The molecule has 0 aromatic carbocycles. The van der Waals surface area contributed by atoms with Crippen LogP contribution in [-0.2, 0) is 4.79 Å². The predicted molar refractivity (Wildman–Crippen MR) is 69.7 cm³/mol. The molecule has 1 aliphatic rings. The van der Waals surface area contributed by atoms with Gasteiger partial charge in [0.1, 0.15) is 6.33 Å². The molecule has 0 amide bonds. The lowest BCUT2D eigenvalue weighted by molar-refractivity contribution is -0.133. The van der Waals surface area contributed by atoms with Crippen LogP contribution in [0.25, 0.3) is 0 Å². The van der Waals surface area contributed by atoms with Crippen molar-refractivity contribution in [2.75, 3.05) is 5.75 Å². The first-order valence-corrected chi connectivity index (χ1v) is 7.50. The number of rotatable bonds is 4. The Hall–Kier alpha value is -1.04. The lowest BCUT2D eigenvalue weighted by Gasteiger charge is -2.21. The highest BCUT2D eigenvalue weighted by Crippen LogP contribution is 2.29. The van der Waals surface area contributed by atoms with E-state index in [-0.39, 0.29) is 5.75 Å². The summed E-state index contributed by atoms with van der Waals surface area (Å²) < 4.78 is 2.07. The first-order chi connectivity index (χ1) is 8.77. The first kappa shape index (κ1) is 13.4. The minimum Gasteiger partial charge on any atom is -0.481 e. The van der Waals surface area contributed by atoms with Crippen LogP contribution in [0.15, 0.2) is 11.5 Å². The topological polar surface area (TPSA) is 68.0 Å². The molecule has 0 atom stereocenters. The molecule has 1 heterocycles. The van der Waals surface area contributed by atoms with Gasteiger partial charge in [0.05, 0.1) is 5.75 Å². The van der Waals surface area contributed by atoms with Crippen molar-refractivity contribution in [1.29, 1.82) is 0 Å². The van der Waals surface area contributed by atoms with Crippen molar-refractivity contribution in [3.63, 3.8) is 0 Å². The molecule has 1 saturated carbocycles. The number of carboxylic acid groups (broad SMARTS) is 1. The smallest absolute Gasteiger partial charge is 0.313 e. The summed E-state index contributed by atoms with van der Waals surface area (Å²) in [5, 5.41) is 17.4. The Labute approximate surface area is 111 Å². The molecule has 2 rings (SSSR count). The van der Waals surface area contributed by atoms with E-state index in [0.29, 0.717) is 6.04 Å². The fraction of sp³-hybridized carbons (Fsp3) is 0.750. The van der Waals surface area contributed by atoms with Gasteiger partial charge in [-0.1, -0.05) is 43.9 Å². The van der Waals surface area contributed by atoms with Crippen molar-refractivity contribution >= 4 is 17.7 Å². The normalized spacial score (nSPS) is 18.2. The Morgan fingerprint density at radius 2 is 2.00 bits per heavy atom. The van der Waals surface area contributed by atoms with E-state index in [2.05, 4.69) is 14.8 Å². The van der Waals surface area contributed by atoms with Crippen LogP contribution < -0.4 is 0 Å². The largest absolute Gasteiger partial charge is 0.481 e. The molecule has 1 aromatic heterocycles. The van der Waals surface area contributed by atoms with Gasteiger partial charge in [0, 0.05) is 6.04 Å². The van der Waals surface area contributed by atoms with Crippen molar-refractivity contribution in [3.8, 4) is 0 Å². The molecule has 0 saturated heterocycles. The summed E-state index contributed by atoms with van der Waals surface area (Å²) >= 11 is 1.26. The van der Waals surface area contributed by atoms with E-state index in [9.17, 15) is 4.79 Å². The zero-order valence-corrected chi connectivity index (χ0v) is 11.2. The number of hydrogen-bond acceptors (Lipinski definition) is 4. The third-order valence-corrected chi connectivity index (χ3v) is 4.27. The molecule has 1 N–H and O–H groups in total. The van der Waals surface area contributed by atoms with Gasteiger partial charge in [-0.2, -0.15) is 0 Å². The standard InChI is InChI=1S/C12H19N3O2S/c16-11(17)8-18-12-14-13-9-15(12)10-6-4-2-1-3-5-7-10/h9-10H,1-8H2,(H,16,17). The van der Waals surface area contributed by atoms with Gasteiger partial charge in [0.25, 0.3) is 0 Å². The summed E-state index contributed by atoms with van der Waals surface area (Å²) in [6, 6.07) is 0.441. The average molecular weight is 269 g/mol. The Bertz CT molecular complexity index is 386. The second kappa shape index (κ2) is 6.78. The van der Waals surface area contributed by atoms with E-state index >= 15 is 0 Å². The lowest BCUT2D eigenvalue weighted by atomic mass is 9.97. The highest BCUT2D eigenvalue weighted by molar-refractivity contribution is 7.99. The Morgan fingerprint density at radius 1 is 1.33 bits per heavy atom. The highest BCUT2D eigenvalue weighted by atomic mass is 32.2. The second-order valence-corrected chi connectivity index (χ2v) is 5.64. The van der Waals surface area contributed by atoms with Crippen molar-refractivity contribution in [2.24, 2.45) is 0 Å². The molecule has 0 aliphatic heterocycles. The van der Waals surface area contributed by atoms with E-state index in [1.165, 1.54) is 43.9 Å².